The van der Waals surface area contributed by atoms with Crippen LogP contribution in [0.2, 0.25) is 0 Å². The predicted molar refractivity (Wildman–Crippen MR) is 68.9 cm³/mol. The van der Waals surface area contributed by atoms with E-state index in [0.717, 1.165) is 25.7 Å². The molecular weight excluding hydrogens is 210 g/mol. The Hall–Kier alpha value is -0.860. The monoisotopic (exact) mass is 231 g/mol. The molecule has 2 aliphatic rings. The third-order valence-electron chi connectivity index (χ3n) is 4.32. The van der Waals surface area contributed by atoms with Crippen molar-refractivity contribution in [3.63, 3.8) is 0 Å². The van der Waals surface area contributed by atoms with Gasteiger partial charge < -0.3 is 10.8 Å². The summed E-state index contributed by atoms with van der Waals surface area (Å²) in [6.07, 6.45) is 7.06. The number of rotatable bonds is 2. The highest BCUT2D eigenvalue weighted by atomic mass is 16.3. The standard InChI is InChI=1S/C15H21NO/c16-14-6-7-15(17,10-14)9-11-4-5-12-2-1-3-13(12)8-11/h4-5,8,14,17H,1-3,6-7,9-10,16H2. The summed E-state index contributed by atoms with van der Waals surface area (Å²) in [5.41, 5.74) is 9.62. The van der Waals surface area contributed by atoms with E-state index in [0.29, 0.717) is 0 Å². The Kier molecular flexibility index (Phi) is 2.72. The lowest BCUT2D eigenvalue weighted by molar-refractivity contribution is 0.0468. The molecule has 2 heteroatoms. The Balaban J connectivity index is 1.77. The van der Waals surface area contributed by atoms with Crippen molar-refractivity contribution in [2.24, 2.45) is 5.73 Å². The van der Waals surface area contributed by atoms with Gasteiger partial charge in [0.1, 0.15) is 0 Å². The number of aliphatic hydroxyl groups is 1. The van der Waals surface area contributed by atoms with Gasteiger partial charge in [0.05, 0.1) is 5.60 Å². The maximum atomic E-state index is 10.5. The van der Waals surface area contributed by atoms with E-state index in [9.17, 15) is 5.11 Å². The molecule has 1 aromatic rings. The fraction of sp³-hybridized carbons (Fsp3) is 0.600. The molecule has 0 radical (unpaired) electrons. The molecule has 0 aromatic heterocycles. The van der Waals surface area contributed by atoms with Crippen LogP contribution in [0.25, 0.3) is 0 Å². The quantitative estimate of drug-likeness (QED) is 0.817. The Morgan fingerprint density at radius 3 is 2.88 bits per heavy atom. The summed E-state index contributed by atoms with van der Waals surface area (Å²) in [6, 6.07) is 6.92. The van der Waals surface area contributed by atoms with Crippen LogP contribution in [0.4, 0.5) is 0 Å². The second-order valence-electron chi connectivity index (χ2n) is 5.86. The van der Waals surface area contributed by atoms with Crippen molar-refractivity contribution in [3.8, 4) is 0 Å². The molecule has 2 unspecified atom stereocenters. The number of benzene rings is 1. The lowest BCUT2D eigenvalue weighted by atomic mass is 9.91. The first-order valence-electron chi connectivity index (χ1n) is 6.73. The van der Waals surface area contributed by atoms with E-state index in [-0.39, 0.29) is 6.04 Å². The van der Waals surface area contributed by atoms with Crippen molar-refractivity contribution in [2.45, 2.75) is 56.6 Å². The van der Waals surface area contributed by atoms with Crippen molar-refractivity contribution < 1.29 is 5.11 Å². The maximum Gasteiger partial charge on any atom is 0.0703 e. The van der Waals surface area contributed by atoms with Crippen LogP contribution in [-0.4, -0.2) is 16.7 Å². The van der Waals surface area contributed by atoms with Gasteiger partial charge in [-0.25, -0.2) is 0 Å². The molecule has 3 N–H and O–H groups in total. The van der Waals surface area contributed by atoms with Gasteiger partial charge in [0.2, 0.25) is 0 Å². The Morgan fingerprint density at radius 2 is 2.12 bits per heavy atom. The van der Waals surface area contributed by atoms with E-state index in [1.54, 1.807) is 0 Å². The van der Waals surface area contributed by atoms with Gasteiger partial charge >= 0.3 is 0 Å². The van der Waals surface area contributed by atoms with Crippen LogP contribution in [0.15, 0.2) is 18.2 Å². The van der Waals surface area contributed by atoms with Crippen molar-refractivity contribution in [1.29, 1.82) is 0 Å². The van der Waals surface area contributed by atoms with Crippen LogP contribution < -0.4 is 5.73 Å². The molecule has 1 saturated carbocycles. The summed E-state index contributed by atoms with van der Waals surface area (Å²) in [7, 11) is 0. The molecule has 1 fully saturated rings. The second kappa shape index (κ2) is 4.11. The van der Waals surface area contributed by atoms with Crippen molar-refractivity contribution in [2.75, 3.05) is 0 Å². The van der Waals surface area contributed by atoms with Crippen LogP contribution in [0, 0.1) is 0 Å². The van der Waals surface area contributed by atoms with Crippen LogP contribution in [0.3, 0.4) is 0 Å². The summed E-state index contributed by atoms with van der Waals surface area (Å²) in [6.45, 7) is 0. The zero-order chi connectivity index (χ0) is 11.9. The van der Waals surface area contributed by atoms with Gasteiger partial charge in [-0.15, -0.1) is 0 Å². The van der Waals surface area contributed by atoms with Gasteiger partial charge in [-0.3, -0.25) is 0 Å². The molecule has 17 heavy (non-hydrogen) atoms. The van der Waals surface area contributed by atoms with Gasteiger partial charge in [-0.1, -0.05) is 18.2 Å². The Morgan fingerprint density at radius 1 is 1.29 bits per heavy atom. The summed E-state index contributed by atoms with van der Waals surface area (Å²) < 4.78 is 0. The minimum atomic E-state index is -0.549. The van der Waals surface area contributed by atoms with Crippen molar-refractivity contribution >= 4 is 0 Å². The predicted octanol–water partition coefficient (Wildman–Crippen LogP) is 1.96. The van der Waals surface area contributed by atoms with E-state index >= 15 is 0 Å². The number of hydrogen-bond donors (Lipinski definition) is 2. The molecule has 0 amide bonds. The SMILES string of the molecule is NC1CCC(O)(Cc2ccc3c(c2)CCC3)C1. The molecule has 0 bridgehead atoms. The summed E-state index contributed by atoms with van der Waals surface area (Å²) >= 11 is 0. The van der Waals surface area contributed by atoms with Crippen LogP contribution >= 0.6 is 0 Å². The summed E-state index contributed by atoms with van der Waals surface area (Å²) in [4.78, 5) is 0. The molecule has 0 saturated heterocycles. The highest BCUT2D eigenvalue weighted by Gasteiger charge is 2.35. The number of fused-ring (bicyclic) bond motifs is 1. The normalized spacial score (nSPS) is 31.8. The van der Waals surface area contributed by atoms with E-state index in [1.165, 1.54) is 36.0 Å². The molecule has 3 rings (SSSR count). The molecule has 2 nitrogen and oxygen atoms in total. The molecule has 2 atom stereocenters. The lowest BCUT2D eigenvalue weighted by Crippen LogP contribution is -2.30. The molecule has 2 aliphatic carbocycles. The molecule has 1 aromatic carbocycles. The number of nitrogens with two attached hydrogens (primary N) is 1. The highest BCUT2D eigenvalue weighted by Crippen LogP contribution is 2.33. The van der Waals surface area contributed by atoms with E-state index in [2.05, 4.69) is 18.2 Å². The first kappa shape index (κ1) is 11.2. The number of hydrogen-bond acceptors (Lipinski definition) is 2. The van der Waals surface area contributed by atoms with E-state index in [1.807, 2.05) is 0 Å². The van der Waals surface area contributed by atoms with Crippen LogP contribution in [0.5, 0.6) is 0 Å². The smallest absolute Gasteiger partial charge is 0.0703 e. The van der Waals surface area contributed by atoms with Gasteiger partial charge in [-0.05, 0) is 55.2 Å². The second-order valence-corrected chi connectivity index (χ2v) is 5.86. The molecular formula is C15H21NO. The van der Waals surface area contributed by atoms with Gasteiger partial charge in [0.15, 0.2) is 0 Å². The molecule has 0 spiro atoms. The van der Waals surface area contributed by atoms with Gasteiger partial charge in [-0.2, -0.15) is 0 Å². The third kappa shape index (κ3) is 2.24. The molecule has 0 heterocycles. The summed E-state index contributed by atoms with van der Waals surface area (Å²) in [5.74, 6) is 0. The average Bonchev–Trinajstić information content (AvgIpc) is 2.85. The first-order chi connectivity index (χ1) is 8.15. The largest absolute Gasteiger partial charge is 0.389 e. The number of aryl methyl sites for hydroxylation is 2. The minimum absolute atomic E-state index is 0.189. The molecule has 0 aliphatic heterocycles. The van der Waals surface area contributed by atoms with Crippen molar-refractivity contribution in [1.82, 2.24) is 0 Å². The lowest BCUT2D eigenvalue weighted by Gasteiger charge is -2.22. The summed E-state index contributed by atoms with van der Waals surface area (Å²) in [5, 5.41) is 10.5. The third-order valence-corrected chi connectivity index (χ3v) is 4.32. The van der Waals surface area contributed by atoms with E-state index in [4.69, 9.17) is 5.73 Å². The molecule has 92 valence electrons. The zero-order valence-corrected chi connectivity index (χ0v) is 10.3. The highest BCUT2D eigenvalue weighted by molar-refractivity contribution is 5.36. The maximum absolute atomic E-state index is 10.5. The van der Waals surface area contributed by atoms with Crippen LogP contribution in [-0.2, 0) is 19.3 Å². The van der Waals surface area contributed by atoms with Crippen molar-refractivity contribution in [3.05, 3.63) is 34.9 Å². The minimum Gasteiger partial charge on any atom is -0.389 e. The Bertz CT molecular complexity index is 429. The topological polar surface area (TPSA) is 46.2 Å². The van der Waals surface area contributed by atoms with Gasteiger partial charge in [0, 0.05) is 12.5 Å². The zero-order valence-electron chi connectivity index (χ0n) is 10.3. The Labute approximate surface area is 103 Å². The van der Waals surface area contributed by atoms with E-state index < -0.39 is 5.60 Å². The first-order valence-corrected chi connectivity index (χ1v) is 6.73. The van der Waals surface area contributed by atoms with Crippen LogP contribution in [0.1, 0.15) is 42.4 Å². The average molecular weight is 231 g/mol. The fourth-order valence-corrected chi connectivity index (χ4v) is 3.42. The van der Waals surface area contributed by atoms with Gasteiger partial charge in [0.25, 0.3) is 0 Å². The fourth-order valence-electron chi connectivity index (χ4n) is 3.42.